The molecule has 0 aromatic heterocycles. The first-order chi connectivity index (χ1) is 13.7. The van der Waals surface area contributed by atoms with E-state index < -0.39 is 0 Å². The van der Waals surface area contributed by atoms with Crippen LogP contribution in [0.1, 0.15) is 31.4 Å². The van der Waals surface area contributed by atoms with Gasteiger partial charge in [-0.2, -0.15) is 0 Å². The smallest absolute Gasteiger partial charge is 0.252 e. The topological polar surface area (TPSA) is 47.6 Å². The lowest BCUT2D eigenvalue weighted by molar-refractivity contribution is -0.120. The predicted molar refractivity (Wildman–Crippen MR) is 116 cm³/mol. The van der Waals surface area contributed by atoms with Crippen LogP contribution in [0.25, 0.3) is 0 Å². The number of hydrogen-bond donors (Lipinski definition) is 2. The van der Waals surface area contributed by atoms with Crippen molar-refractivity contribution in [2.45, 2.75) is 33.1 Å². The molecule has 0 bridgehead atoms. The van der Waals surface area contributed by atoms with E-state index >= 15 is 0 Å². The van der Waals surface area contributed by atoms with Crippen molar-refractivity contribution in [3.8, 4) is 0 Å². The molecule has 0 saturated heterocycles. The van der Waals surface area contributed by atoms with Gasteiger partial charge in [0, 0.05) is 0 Å². The number of amides is 1. The highest BCUT2D eigenvalue weighted by molar-refractivity contribution is 5.83. The number of anilines is 2. The van der Waals surface area contributed by atoms with Crippen molar-refractivity contribution >= 4 is 17.3 Å². The molecule has 0 saturated carbocycles. The van der Waals surface area contributed by atoms with Crippen LogP contribution in [0.5, 0.6) is 0 Å². The minimum Gasteiger partial charge on any atom is -0.308 e. The molecule has 0 unspecified atom stereocenters. The van der Waals surface area contributed by atoms with Crippen molar-refractivity contribution in [1.82, 2.24) is 15.6 Å². The maximum atomic E-state index is 12.6. The lowest BCUT2D eigenvalue weighted by atomic mass is 10.0. The number of aryl methyl sites for hydroxylation is 2. The van der Waals surface area contributed by atoms with Crippen molar-refractivity contribution in [1.29, 1.82) is 0 Å². The summed E-state index contributed by atoms with van der Waals surface area (Å²) in [7, 11) is 0. The van der Waals surface area contributed by atoms with Gasteiger partial charge in [-0.25, -0.2) is 0 Å². The second kappa shape index (κ2) is 10.2. The lowest BCUT2D eigenvalue weighted by Gasteiger charge is -2.27. The van der Waals surface area contributed by atoms with Gasteiger partial charge in [-0.15, -0.1) is 0 Å². The number of fused-ring (bicyclic) bond motifs is 2. The summed E-state index contributed by atoms with van der Waals surface area (Å²) in [6.45, 7) is 8.74. The van der Waals surface area contributed by atoms with Gasteiger partial charge in [-0.3, -0.25) is 15.2 Å². The van der Waals surface area contributed by atoms with Gasteiger partial charge in [0.2, 0.25) is 0 Å². The molecule has 5 heteroatoms. The first-order valence-corrected chi connectivity index (χ1v) is 10.4. The third-order valence-corrected chi connectivity index (χ3v) is 5.37. The van der Waals surface area contributed by atoms with Crippen LogP contribution in [0, 0.1) is 0 Å². The Labute approximate surface area is 168 Å². The minimum atomic E-state index is -0.0191. The van der Waals surface area contributed by atoms with Crippen molar-refractivity contribution in [3.05, 3.63) is 59.7 Å². The maximum absolute atomic E-state index is 12.6. The summed E-state index contributed by atoms with van der Waals surface area (Å²) in [4.78, 5) is 15.0. The first kappa shape index (κ1) is 20.4. The van der Waals surface area contributed by atoms with Crippen molar-refractivity contribution in [2.24, 2.45) is 0 Å². The number of carbonyl (C=O) groups excluding carboxylic acids is 1. The Kier molecular flexibility index (Phi) is 7.46. The van der Waals surface area contributed by atoms with Gasteiger partial charge < -0.3 is 10.2 Å². The number of benzene rings is 2. The van der Waals surface area contributed by atoms with Crippen LogP contribution < -0.4 is 15.8 Å². The Hall–Kier alpha value is -2.37. The molecule has 1 aliphatic rings. The molecule has 0 aliphatic carbocycles. The van der Waals surface area contributed by atoms with E-state index in [9.17, 15) is 4.79 Å². The molecule has 2 N–H and O–H groups in total. The Morgan fingerprint density at radius 2 is 1.54 bits per heavy atom. The number of hydrazine groups is 1. The van der Waals surface area contributed by atoms with E-state index in [1.165, 1.54) is 11.1 Å². The molecule has 1 aliphatic heterocycles. The Morgan fingerprint density at radius 3 is 2.11 bits per heavy atom. The second-order valence-electron chi connectivity index (χ2n) is 7.19. The van der Waals surface area contributed by atoms with Gasteiger partial charge in [-0.05, 0) is 68.7 Å². The van der Waals surface area contributed by atoms with Gasteiger partial charge in [-0.1, -0.05) is 50.2 Å². The molecule has 0 atom stereocenters. The van der Waals surface area contributed by atoms with E-state index in [2.05, 4.69) is 65.9 Å². The molecular weight excluding hydrogens is 348 g/mol. The van der Waals surface area contributed by atoms with Gasteiger partial charge in [0.25, 0.3) is 5.91 Å². The van der Waals surface area contributed by atoms with Gasteiger partial charge in [0.1, 0.15) is 0 Å². The molecule has 5 nitrogen and oxygen atoms in total. The third-order valence-electron chi connectivity index (χ3n) is 5.37. The molecule has 28 heavy (non-hydrogen) atoms. The zero-order chi connectivity index (χ0) is 19.8. The maximum Gasteiger partial charge on any atom is 0.252 e. The fraction of sp³-hybridized carbons (Fsp3) is 0.435. The summed E-state index contributed by atoms with van der Waals surface area (Å²) in [5, 5.41) is 5.23. The van der Waals surface area contributed by atoms with Crippen LogP contribution in [0.15, 0.2) is 48.5 Å². The normalized spacial score (nSPS) is 13.0. The standard InChI is InChI=1S/C23H32N4O/c1-3-26(4-2)17-9-16-24-18-23(28)25-27-21-12-7-5-10-19(21)14-15-20-11-6-8-13-22(20)27/h5-8,10-13,24H,3-4,9,14-18H2,1-2H3,(H,25,28). The summed E-state index contributed by atoms with van der Waals surface area (Å²) in [6, 6.07) is 16.6. The monoisotopic (exact) mass is 380 g/mol. The molecule has 2 aromatic rings. The number of nitrogens with one attached hydrogen (secondary N) is 2. The van der Waals surface area contributed by atoms with E-state index in [1.54, 1.807) is 0 Å². The highest BCUT2D eigenvalue weighted by Gasteiger charge is 2.21. The molecule has 0 fully saturated rings. The van der Waals surface area contributed by atoms with Crippen LogP contribution in [-0.4, -0.2) is 43.5 Å². The fourth-order valence-corrected chi connectivity index (χ4v) is 3.73. The SMILES string of the molecule is CCN(CC)CCCNCC(=O)NN1c2ccccc2CCc2ccccc21. The predicted octanol–water partition coefficient (Wildman–Crippen LogP) is 3.28. The number of hydrogen-bond acceptors (Lipinski definition) is 4. The largest absolute Gasteiger partial charge is 0.308 e. The van der Waals surface area contributed by atoms with E-state index in [-0.39, 0.29) is 5.91 Å². The minimum absolute atomic E-state index is 0.0191. The average Bonchev–Trinajstić information content (AvgIpc) is 2.88. The summed E-state index contributed by atoms with van der Waals surface area (Å²) in [6.07, 6.45) is 3.00. The molecule has 3 rings (SSSR count). The molecule has 1 amide bonds. The number of carbonyl (C=O) groups is 1. The zero-order valence-electron chi connectivity index (χ0n) is 17.1. The van der Waals surface area contributed by atoms with Gasteiger partial charge in [0.15, 0.2) is 0 Å². The molecular formula is C23H32N4O. The lowest BCUT2D eigenvalue weighted by Crippen LogP contribution is -2.44. The van der Waals surface area contributed by atoms with Crippen LogP contribution in [-0.2, 0) is 17.6 Å². The molecule has 0 spiro atoms. The van der Waals surface area contributed by atoms with Gasteiger partial charge >= 0.3 is 0 Å². The Morgan fingerprint density at radius 1 is 0.964 bits per heavy atom. The van der Waals surface area contributed by atoms with Crippen molar-refractivity contribution < 1.29 is 4.79 Å². The van der Waals surface area contributed by atoms with E-state index in [1.807, 2.05) is 17.1 Å². The van der Waals surface area contributed by atoms with Crippen LogP contribution in [0.2, 0.25) is 0 Å². The van der Waals surface area contributed by atoms with Crippen LogP contribution in [0.3, 0.4) is 0 Å². The van der Waals surface area contributed by atoms with E-state index in [0.29, 0.717) is 6.54 Å². The molecule has 150 valence electrons. The average molecular weight is 381 g/mol. The van der Waals surface area contributed by atoms with E-state index in [4.69, 9.17) is 0 Å². The summed E-state index contributed by atoms with van der Waals surface area (Å²) in [5.74, 6) is -0.0191. The van der Waals surface area contributed by atoms with Gasteiger partial charge in [0.05, 0.1) is 17.9 Å². The summed E-state index contributed by atoms with van der Waals surface area (Å²) < 4.78 is 0. The first-order valence-electron chi connectivity index (χ1n) is 10.4. The molecule has 1 heterocycles. The van der Waals surface area contributed by atoms with Crippen molar-refractivity contribution in [2.75, 3.05) is 37.7 Å². The molecule has 0 radical (unpaired) electrons. The zero-order valence-corrected chi connectivity index (χ0v) is 17.1. The summed E-state index contributed by atoms with van der Waals surface area (Å²) >= 11 is 0. The Balaban J connectivity index is 1.61. The fourth-order valence-electron chi connectivity index (χ4n) is 3.73. The van der Waals surface area contributed by atoms with Crippen molar-refractivity contribution in [3.63, 3.8) is 0 Å². The number of rotatable bonds is 9. The third kappa shape index (κ3) is 5.12. The van der Waals surface area contributed by atoms with Crippen LogP contribution in [0.4, 0.5) is 11.4 Å². The molecule has 2 aromatic carbocycles. The number of nitrogens with zero attached hydrogens (tertiary/aromatic N) is 2. The highest BCUT2D eigenvalue weighted by Crippen LogP contribution is 2.34. The highest BCUT2D eigenvalue weighted by atomic mass is 16.2. The van der Waals surface area contributed by atoms with Crippen LogP contribution >= 0.6 is 0 Å². The quantitative estimate of drug-likeness (QED) is 0.656. The Bertz CT molecular complexity index is 725. The second-order valence-corrected chi connectivity index (χ2v) is 7.19. The summed E-state index contributed by atoms with van der Waals surface area (Å²) in [5.41, 5.74) is 7.74. The number of para-hydroxylation sites is 2. The van der Waals surface area contributed by atoms with E-state index in [0.717, 1.165) is 56.8 Å².